The summed E-state index contributed by atoms with van der Waals surface area (Å²) in [5.41, 5.74) is 2.62. The van der Waals surface area contributed by atoms with Crippen molar-refractivity contribution in [1.29, 1.82) is 0 Å². The topological polar surface area (TPSA) is 87.7 Å². The van der Waals surface area contributed by atoms with Crippen molar-refractivity contribution in [1.82, 2.24) is 10.6 Å². The second-order valence-electron chi connectivity index (χ2n) is 6.51. The largest absolute Gasteiger partial charge is 0.508 e. The number of unbranched alkanes of at least 4 members (excludes halogenated alkanes) is 1. The monoisotopic (exact) mass is 384 g/mol. The molecule has 2 aromatic carbocycles. The van der Waals surface area contributed by atoms with E-state index in [0.29, 0.717) is 13.2 Å². The van der Waals surface area contributed by atoms with Crippen molar-refractivity contribution >= 4 is 11.8 Å². The Morgan fingerprint density at radius 3 is 2.18 bits per heavy atom. The van der Waals surface area contributed by atoms with Gasteiger partial charge in [0.2, 0.25) is 0 Å². The molecule has 0 saturated carbocycles. The molecule has 0 aliphatic heterocycles. The number of phenolic OH excluding ortho intramolecular Hbond substituents is 1. The molecule has 0 atom stereocenters. The summed E-state index contributed by atoms with van der Waals surface area (Å²) in [7, 11) is 1.44. The third kappa shape index (κ3) is 7.31. The van der Waals surface area contributed by atoms with Crippen LogP contribution in [0.3, 0.4) is 0 Å². The minimum atomic E-state index is -0.611. The van der Waals surface area contributed by atoms with E-state index in [1.807, 2.05) is 12.1 Å². The number of phenols is 1. The molecule has 0 unspecified atom stereocenters. The van der Waals surface area contributed by atoms with Crippen LogP contribution >= 0.6 is 0 Å². The second kappa shape index (κ2) is 11.6. The number of amides is 2. The Balaban J connectivity index is 1.69. The fourth-order valence-electron chi connectivity index (χ4n) is 2.88. The molecular formula is C22H28N2O4. The van der Waals surface area contributed by atoms with Gasteiger partial charge in [-0.05, 0) is 67.5 Å². The van der Waals surface area contributed by atoms with Crippen LogP contribution in [0.15, 0.2) is 48.5 Å². The van der Waals surface area contributed by atoms with Gasteiger partial charge < -0.3 is 20.5 Å². The summed E-state index contributed by atoms with van der Waals surface area (Å²) >= 11 is 0. The summed E-state index contributed by atoms with van der Waals surface area (Å²) < 4.78 is 5.70. The molecule has 2 rings (SSSR count). The first-order valence-electron chi connectivity index (χ1n) is 9.58. The number of hydrogen-bond acceptors (Lipinski definition) is 4. The molecule has 0 heterocycles. The first kappa shape index (κ1) is 21.3. The van der Waals surface area contributed by atoms with Crippen LogP contribution < -0.4 is 15.4 Å². The number of benzene rings is 2. The van der Waals surface area contributed by atoms with Gasteiger partial charge in [-0.2, -0.15) is 0 Å². The van der Waals surface area contributed by atoms with E-state index in [-0.39, 0.29) is 5.75 Å². The lowest BCUT2D eigenvalue weighted by Crippen LogP contribution is -2.38. The summed E-state index contributed by atoms with van der Waals surface area (Å²) in [6.07, 6.45) is 4.53. The zero-order chi connectivity index (χ0) is 20.2. The molecule has 2 amide bonds. The summed E-state index contributed by atoms with van der Waals surface area (Å²) in [6, 6.07) is 15.1. The number of hydrogen-bond donors (Lipinski definition) is 3. The predicted octanol–water partition coefficient (Wildman–Crippen LogP) is 2.59. The van der Waals surface area contributed by atoms with Crippen molar-refractivity contribution in [2.45, 2.75) is 32.1 Å². The first-order chi connectivity index (χ1) is 13.6. The third-order valence-electron chi connectivity index (χ3n) is 4.41. The summed E-state index contributed by atoms with van der Waals surface area (Å²) in [5, 5.41) is 14.2. The lowest BCUT2D eigenvalue weighted by Gasteiger charge is -2.11. The molecule has 0 aliphatic carbocycles. The Kier molecular flexibility index (Phi) is 8.85. The van der Waals surface area contributed by atoms with Crippen LogP contribution in [0.25, 0.3) is 0 Å². The van der Waals surface area contributed by atoms with Gasteiger partial charge in [0.25, 0.3) is 0 Å². The van der Waals surface area contributed by atoms with Gasteiger partial charge in [-0.1, -0.05) is 24.3 Å². The lowest BCUT2D eigenvalue weighted by molar-refractivity contribution is -0.138. The second-order valence-corrected chi connectivity index (χ2v) is 6.51. The standard InChI is InChI=1S/C22H28N2O4/c1-23-21(26)22(27)24-15-5-4-9-17-7-2-3-8-18(17)10-6-16-28-20-13-11-19(25)12-14-20/h2-3,7-8,11-14,25H,4-6,9-10,15-16H2,1H3,(H,23,26)(H,24,27). The molecular weight excluding hydrogens is 356 g/mol. The zero-order valence-electron chi connectivity index (χ0n) is 16.2. The molecule has 6 heteroatoms. The van der Waals surface area contributed by atoms with Crippen LogP contribution in [0.4, 0.5) is 0 Å². The molecule has 0 bridgehead atoms. The highest BCUT2D eigenvalue weighted by Gasteiger charge is 2.09. The van der Waals surface area contributed by atoms with E-state index >= 15 is 0 Å². The molecule has 0 saturated heterocycles. The number of aromatic hydroxyl groups is 1. The van der Waals surface area contributed by atoms with Crippen LogP contribution in [-0.2, 0) is 22.4 Å². The molecule has 2 aromatic rings. The van der Waals surface area contributed by atoms with Crippen LogP contribution in [0.1, 0.15) is 30.4 Å². The maximum atomic E-state index is 11.4. The lowest BCUT2D eigenvalue weighted by atomic mass is 9.98. The van der Waals surface area contributed by atoms with Gasteiger partial charge >= 0.3 is 11.8 Å². The third-order valence-corrected chi connectivity index (χ3v) is 4.41. The van der Waals surface area contributed by atoms with E-state index in [4.69, 9.17) is 4.74 Å². The van der Waals surface area contributed by atoms with Gasteiger partial charge in [-0.25, -0.2) is 0 Å². The molecule has 0 spiro atoms. The van der Waals surface area contributed by atoms with Gasteiger partial charge in [0.1, 0.15) is 11.5 Å². The van der Waals surface area contributed by atoms with E-state index < -0.39 is 11.8 Å². The van der Waals surface area contributed by atoms with Crippen LogP contribution in [0.5, 0.6) is 11.5 Å². The molecule has 0 radical (unpaired) electrons. The molecule has 28 heavy (non-hydrogen) atoms. The molecule has 0 fully saturated rings. The van der Waals surface area contributed by atoms with E-state index in [9.17, 15) is 14.7 Å². The van der Waals surface area contributed by atoms with E-state index in [2.05, 4.69) is 22.8 Å². The Morgan fingerprint density at radius 1 is 0.893 bits per heavy atom. The highest BCUT2D eigenvalue weighted by molar-refractivity contribution is 6.34. The quantitative estimate of drug-likeness (QED) is 0.434. The fraction of sp³-hybridized carbons (Fsp3) is 0.364. The molecule has 6 nitrogen and oxygen atoms in total. The van der Waals surface area contributed by atoms with Crippen LogP contribution in [0, 0.1) is 0 Å². The van der Waals surface area contributed by atoms with Gasteiger partial charge in [-0.3, -0.25) is 9.59 Å². The Bertz CT molecular complexity index is 759. The Morgan fingerprint density at radius 2 is 1.54 bits per heavy atom. The van der Waals surface area contributed by atoms with E-state index in [1.165, 1.54) is 18.2 Å². The zero-order valence-corrected chi connectivity index (χ0v) is 16.2. The number of carbonyl (C=O) groups is 2. The van der Waals surface area contributed by atoms with Gasteiger partial charge in [0, 0.05) is 13.6 Å². The van der Waals surface area contributed by atoms with Gasteiger partial charge in [-0.15, -0.1) is 0 Å². The minimum Gasteiger partial charge on any atom is -0.508 e. The smallest absolute Gasteiger partial charge is 0.309 e. The van der Waals surface area contributed by atoms with Crippen LogP contribution in [0.2, 0.25) is 0 Å². The van der Waals surface area contributed by atoms with Crippen molar-refractivity contribution in [2.24, 2.45) is 0 Å². The molecule has 150 valence electrons. The normalized spacial score (nSPS) is 10.3. The molecule has 3 N–H and O–H groups in total. The average Bonchev–Trinajstić information content (AvgIpc) is 2.72. The number of rotatable bonds is 10. The fourth-order valence-corrected chi connectivity index (χ4v) is 2.88. The number of aryl methyl sites for hydroxylation is 2. The van der Waals surface area contributed by atoms with Crippen LogP contribution in [-0.4, -0.2) is 37.1 Å². The highest BCUT2D eigenvalue weighted by atomic mass is 16.5. The molecule has 0 aliphatic rings. The minimum absolute atomic E-state index is 0.231. The number of likely N-dealkylation sites (N-methyl/N-ethyl adjacent to an activating group) is 1. The van der Waals surface area contributed by atoms with Crippen molar-refractivity contribution in [3.8, 4) is 11.5 Å². The highest BCUT2D eigenvalue weighted by Crippen LogP contribution is 2.17. The summed E-state index contributed by atoms with van der Waals surface area (Å²) in [4.78, 5) is 22.5. The maximum Gasteiger partial charge on any atom is 0.309 e. The SMILES string of the molecule is CNC(=O)C(=O)NCCCCc1ccccc1CCCOc1ccc(O)cc1. The number of nitrogens with one attached hydrogen (secondary N) is 2. The van der Waals surface area contributed by atoms with Gasteiger partial charge in [0.05, 0.1) is 6.61 Å². The molecule has 0 aromatic heterocycles. The van der Waals surface area contributed by atoms with E-state index in [0.717, 1.165) is 37.9 Å². The Hall–Kier alpha value is -3.02. The van der Waals surface area contributed by atoms with Crippen molar-refractivity contribution in [2.75, 3.05) is 20.2 Å². The first-order valence-corrected chi connectivity index (χ1v) is 9.58. The van der Waals surface area contributed by atoms with Crippen molar-refractivity contribution in [3.05, 3.63) is 59.7 Å². The summed E-state index contributed by atoms with van der Waals surface area (Å²) in [6.45, 7) is 1.11. The Labute approximate surface area is 165 Å². The van der Waals surface area contributed by atoms with Crippen molar-refractivity contribution in [3.63, 3.8) is 0 Å². The number of ether oxygens (including phenoxy) is 1. The van der Waals surface area contributed by atoms with E-state index in [1.54, 1.807) is 24.3 Å². The maximum absolute atomic E-state index is 11.4. The number of carbonyl (C=O) groups excluding carboxylic acids is 2. The summed E-state index contributed by atoms with van der Waals surface area (Å²) in [5.74, 6) is -0.212. The predicted molar refractivity (Wildman–Crippen MR) is 108 cm³/mol. The average molecular weight is 384 g/mol. The van der Waals surface area contributed by atoms with Crippen molar-refractivity contribution < 1.29 is 19.4 Å². The van der Waals surface area contributed by atoms with Gasteiger partial charge in [0.15, 0.2) is 0 Å².